The highest BCUT2D eigenvalue weighted by molar-refractivity contribution is 9.10. The molecule has 0 aliphatic carbocycles. The minimum Gasteiger partial charge on any atom is -0.350 e. The fourth-order valence-corrected chi connectivity index (χ4v) is 2.28. The second-order valence-corrected chi connectivity index (χ2v) is 4.98. The lowest BCUT2D eigenvalue weighted by Crippen LogP contribution is -2.27. The Kier molecular flexibility index (Phi) is 4.38. The van der Waals surface area contributed by atoms with Crippen molar-refractivity contribution < 1.29 is 4.79 Å². The Morgan fingerprint density at radius 3 is 3.00 bits per heavy atom. The van der Waals surface area contributed by atoms with Crippen molar-refractivity contribution >= 4 is 34.5 Å². The monoisotopic (exact) mass is 326 g/mol. The van der Waals surface area contributed by atoms with Crippen molar-refractivity contribution in [3.63, 3.8) is 0 Å². The molecule has 0 unspecified atom stereocenters. The fourth-order valence-electron chi connectivity index (χ4n) is 1.43. The third kappa shape index (κ3) is 3.33. The fraction of sp³-hybridized carbons (Fsp3) is 0.182. The number of benzene rings is 1. The van der Waals surface area contributed by atoms with Crippen molar-refractivity contribution in [3.8, 4) is 0 Å². The van der Waals surface area contributed by atoms with Crippen molar-refractivity contribution in [1.82, 2.24) is 20.3 Å². The lowest BCUT2D eigenvalue weighted by Gasteiger charge is -2.07. The van der Waals surface area contributed by atoms with E-state index in [9.17, 15) is 4.79 Å². The summed E-state index contributed by atoms with van der Waals surface area (Å²) in [4.78, 5) is 12.5. The molecule has 5 nitrogen and oxygen atoms in total. The van der Waals surface area contributed by atoms with Crippen LogP contribution in [0.25, 0.3) is 0 Å². The summed E-state index contributed by atoms with van der Waals surface area (Å²) in [6.07, 6.45) is 3.35. The Morgan fingerprint density at radius 1 is 1.50 bits per heavy atom. The number of hydrogen-bond acceptors (Lipinski definition) is 4. The number of carbonyl (C=O) groups is 1. The highest BCUT2D eigenvalue weighted by atomic mass is 79.9. The van der Waals surface area contributed by atoms with Crippen LogP contribution in [0.2, 0.25) is 0 Å². The first-order valence-corrected chi connectivity index (χ1v) is 6.51. The predicted molar refractivity (Wildman–Crippen MR) is 73.7 cm³/mol. The zero-order chi connectivity index (χ0) is 13.0. The molecule has 94 valence electrons. The van der Waals surface area contributed by atoms with Gasteiger partial charge in [-0.15, -0.1) is 17.7 Å². The number of carbonyl (C=O) groups excluding carboxylic acids is 1. The van der Waals surface area contributed by atoms with E-state index in [-0.39, 0.29) is 5.91 Å². The van der Waals surface area contributed by atoms with Crippen LogP contribution >= 0.6 is 28.6 Å². The molecular formula is C11H11BrN4OS. The second-order valence-electron chi connectivity index (χ2n) is 3.58. The van der Waals surface area contributed by atoms with Gasteiger partial charge in [0.15, 0.2) is 0 Å². The van der Waals surface area contributed by atoms with Gasteiger partial charge in [-0.05, 0) is 18.2 Å². The number of aromatic nitrogens is 3. The lowest BCUT2D eigenvalue weighted by molar-refractivity contribution is 0.0949. The van der Waals surface area contributed by atoms with Crippen molar-refractivity contribution in [2.45, 2.75) is 11.4 Å². The maximum Gasteiger partial charge on any atom is 0.252 e. The maximum atomic E-state index is 11.9. The summed E-state index contributed by atoms with van der Waals surface area (Å²) in [5.41, 5.74) is 0.556. The summed E-state index contributed by atoms with van der Waals surface area (Å²) >= 11 is 7.60. The number of nitrogens with zero attached hydrogens (tertiary/aromatic N) is 3. The molecule has 7 heteroatoms. The number of rotatable bonds is 4. The quantitative estimate of drug-likeness (QED) is 0.842. The van der Waals surface area contributed by atoms with E-state index in [4.69, 9.17) is 0 Å². The predicted octanol–water partition coefficient (Wildman–Crippen LogP) is 1.76. The van der Waals surface area contributed by atoms with E-state index in [1.807, 2.05) is 6.07 Å². The van der Waals surface area contributed by atoms with E-state index in [1.165, 1.54) is 0 Å². The average molecular weight is 327 g/mol. The van der Waals surface area contributed by atoms with E-state index in [2.05, 4.69) is 44.2 Å². The first-order chi connectivity index (χ1) is 8.66. The van der Waals surface area contributed by atoms with Crippen molar-refractivity contribution in [2.75, 3.05) is 6.54 Å². The topological polar surface area (TPSA) is 59.8 Å². The van der Waals surface area contributed by atoms with Gasteiger partial charge in [-0.25, -0.2) is 0 Å². The van der Waals surface area contributed by atoms with Gasteiger partial charge in [0.05, 0.1) is 18.3 Å². The Labute approximate surface area is 118 Å². The van der Waals surface area contributed by atoms with E-state index in [0.29, 0.717) is 23.5 Å². The van der Waals surface area contributed by atoms with Crippen LogP contribution in [0.3, 0.4) is 0 Å². The van der Waals surface area contributed by atoms with Crippen LogP contribution in [-0.4, -0.2) is 27.4 Å². The summed E-state index contributed by atoms with van der Waals surface area (Å²) in [5.74, 6) is -0.146. The van der Waals surface area contributed by atoms with Crippen LogP contribution in [-0.2, 0) is 6.54 Å². The molecule has 0 radical (unpaired) electrons. The largest absolute Gasteiger partial charge is 0.350 e. The molecule has 0 aliphatic rings. The molecule has 1 amide bonds. The average Bonchev–Trinajstić information content (AvgIpc) is 2.81. The summed E-state index contributed by atoms with van der Waals surface area (Å²) in [6.45, 7) is 1.08. The summed E-state index contributed by atoms with van der Waals surface area (Å²) in [7, 11) is 0. The minimum atomic E-state index is -0.146. The molecule has 1 aromatic carbocycles. The molecule has 1 heterocycles. The van der Waals surface area contributed by atoms with E-state index in [0.717, 1.165) is 4.47 Å². The summed E-state index contributed by atoms with van der Waals surface area (Å²) < 4.78 is 2.55. The maximum absolute atomic E-state index is 11.9. The van der Waals surface area contributed by atoms with Gasteiger partial charge in [0, 0.05) is 22.1 Å². The SMILES string of the molecule is O=C(NCCn1ccnn1)c1ccc(Br)cc1S. The molecule has 1 aromatic heterocycles. The normalized spacial score (nSPS) is 10.3. The summed E-state index contributed by atoms with van der Waals surface area (Å²) in [5, 5.41) is 10.3. The van der Waals surface area contributed by atoms with Crippen molar-refractivity contribution in [2.24, 2.45) is 0 Å². The standard InChI is InChI=1S/C11H11BrN4OS/c12-8-1-2-9(10(18)7-8)11(17)13-3-5-16-6-4-14-15-16/h1-2,4,6-7,18H,3,5H2,(H,13,17). The van der Waals surface area contributed by atoms with Gasteiger partial charge >= 0.3 is 0 Å². The number of thiol groups is 1. The number of hydrogen-bond donors (Lipinski definition) is 2. The van der Waals surface area contributed by atoms with Crippen LogP contribution in [0, 0.1) is 0 Å². The minimum absolute atomic E-state index is 0.146. The van der Waals surface area contributed by atoms with Crippen molar-refractivity contribution in [3.05, 3.63) is 40.6 Å². The van der Waals surface area contributed by atoms with Gasteiger partial charge in [0.1, 0.15) is 0 Å². The van der Waals surface area contributed by atoms with Gasteiger partial charge in [0.2, 0.25) is 0 Å². The molecule has 0 bridgehead atoms. The third-order valence-corrected chi connectivity index (χ3v) is 3.17. The number of halogens is 1. The summed E-state index contributed by atoms with van der Waals surface area (Å²) in [6, 6.07) is 5.33. The van der Waals surface area contributed by atoms with Crippen LogP contribution < -0.4 is 5.32 Å². The van der Waals surface area contributed by atoms with Gasteiger partial charge in [0.25, 0.3) is 5.91 Å². The van der Waals surface area contributed by atoms with Gasteiger partial charge in [-0.2, -0.15) is 0 Å². The number of amides is 1. The van der Waals surface area contributed by atoms with Gasteiger partial charge in [-0.3, -0.25) is 9.48 Å². The van der Waals surface area contributed by atoms with Crippen LogP contribution in [0.15, 0.2) is 40.0 Å². The highest BCUT2D eigenvalue weighted by Gasteiger charge is 2.08. The van der Waals surface area contributed by atoms with E-state index >= 15 is 0 Å². The highest BCUT2D eigenvalue weighted by Crippen LogP contribution is 2.19. The molecule has 0 fully saturated rings. The molecule has 0 saturated carbocycles. The van der Waals surface area contributed by atoms with Gasteiger partial charge in [-0.1, -0.05) is 21.1 Å². The van der Waals surface area contributed by atoms with Crippen molar-refractivity contribution in [1.29, 1.82) is 0 Å². The lowest BCUT2D eigenvalue weighted by atomic mass is 10.2. The third-order valence-electron chi connectivity index (χ3n) is 2.30. The second kappa shape index (κ2) is 6.01. The Hall–Kier alpha value is -1.34. The Bertz CT molecular complexity index is 544. The van der Waals surface area contributed by atoms with Crippen LogP contribution in [0.4, 0.5) is 0 Å². The molecule has 2 aromatic rings. The van der Waals surface area contributed by atoms with E-state index in [1.54, 1.807) is 29.2 Å². The zero-order valence-electron chi connectivity index (χ0n) is 9.38. The first-order valence-electron chi connectivity index (χ1n) is 5.27. The smallest absolute Gasteiger partial charge is 0.252 e. The molecule has 0 aliphatic heterocycles. The number of nitrogens with one attached hydrogen (secondary N) is 1. The molecule has 0 spiro atoms. The molecular weight excluding hydrogens is 316 g/mol. The zero-order valence-corrected chi connectivity index (χ0v) is 11.9. The Morgan fingerprint density at radius 2 is 2.33 bits per heavy atom. The van der Waals surface area contributed by atoms with Crippen LogP contribution in [0.1, 0.15) is 10.4 Å². The Balaban J connectivity index is 1.91. The molecule has 0 saturated heterocycles. The van der Waals surface area contributed by atoms with E-state index < -0.39 is 0 Å². The first kappa shape index (κ1) is 13.1. The molecule has 0 atom stereocenters. The molecule has 2 rings (SSSR count). The van der Waals surface area contributed by atoms with Gasteiger partial charge < -0.3 is 5.32 Å². The molecule has 18 heavy (non-hydrogen) atoms. The van der Waals surface area contributed by atoms with Crippen LogP contribution in [0.5, 0.6) is 0 Å². The molecule has 1 N–H and O–H groups in total.